The topological polar surface area (TPSA) is 85.9 Å². The summed E-state index contributed by atoms with van der Waals surface area (Å²) in [5.41, 5.74) is 17.3. The molecule has 0 radical (unpaired) electrons. The van der Waals surface area contributed by atoms with Crippen LogP contribution in [0.25, 0.3) is 0 Å². The second-order valence-corrected chi connectivity index (χ2v) is 13.9. The molecule has 0 fully saturated rings. The van der Waals surface area contributed by atoms with Gasteiger partial charge in [-0.15, -0.1) is 22.7 Å². The van der Waals surface area contributed by atoms with Crippen molar-refractivity contribution >= 4 is 40.4 Å². The Labute approximate surface area is 278 Å². The molecule has 2 aromatic heterocycles. The summed E-state index contributed by atoms with van der Waals surface area (Å²) in [4.78, 5) is 16.0. The molecule has 0 amide bonds. The summed E-state index contributed by atoms with van der Waals surface area (Å²) in [6, 6.07) is 8.61. The third-order valence-corrected chi connectivity index (χ3v) is 9.08. The van der Waals surface area contributed by atoms with Crippen LogP contribution >= 0.6 is 22.7 Å². The molecule has 4 aromatic rings. The Morgan fingerprint density at radius 2 is 1.27 bits per heavy atom. The van der Waals surface area contributed by atoms with Gasteiger partial charge in [-0.25, -0.2) is 15.0 Å². The lowest BCUT2D eigenvalue weighted by molar-refractivity contribution is 0.0637. The Bertz CT molecular complexity index is 1540. The van der Waals surface area contributed by atoms with Gasteiger partial charge in [0.15, 0.2) is 0 Å². The van der Waals surface area contributed by atoms with Gasteiger partial charge >= 0.3 is 0 Å². The van der Waals surface area contributed by atoms with E-state index in [1.54, 1.807) is 22.7 Å². The Morgan fingerprint density at radius 3 is 1.76 bits per heavy atom. The summed E-state index contributed by atoms with van der Waals surface area (Å²) >= 11 is 3.40. The largest absolute Gasteiger partial charge is 0.399 e. The minimum Gasteiger partial charge on any atom is -0.399 e. The van der Waals surface area contributed by atoms with E-state index in [2.05, 4.69) is 71.5 Å². The van der Waals surface area contributed by atoms with Gasteiger partial charge in [-0.05, 0) is 108 Å². The molecular weight excluding hydrogens is 599 g/mol. The van der Waals surface area contributed by atoms with Crippen LogP contribution in [0.4, 0.5) is 11.4 Å². The number of nitrogens with two attached hydrogens (primary N) is 1. The molecule has 9 heteroatoms. The van der Waals surface area contributed by atoms with Gasteiger partial charge in [-0.2, -0.15) is 0 Å². The van der Waals surface area contributed by atoms with E-state index in [1.807, 2.05) is 54.1 Å². The van der Waals surface area contributed by atoms with E-state index in [4.69, 9.17) is 20.2 Å². The van der Waals surface area contributed by atoms with Gasteiger partial charge in [-0.3, -0.25) is 0 Å². The minimum atomic E-state index is 0.231. The van der Waals surface area contributed by atoms with Crippen molar-refractivity contribution in [2.24, 2.45) is 4.99 Å². The van der Waals surface area contributed by atoms with Gasteiger partial charge in [0.2, 0.25) is 0 Å². The molecule has 2 aromatic carbocycles. The molecule has 0 aliphatic rings. The molecule has 7 nitrogen and oxygen atoms in total. The van der Waals surface area contributed by atoms with Crippen LogP contribution in [0.5, 0.6) is 0 Å². The first-order valence-corrected chi connectivity index (χ1v) is 17.4. The van der Waals surface area contributed by atoms with E-state index in [9.17, 15) is 0 Å². The van der Waals surface area contributed by atoms with E-state index >= 15 is 0 Å². The Morgan fingerprint density at radius 1 is 0.778 bits per heavy atom. The number of anilines is 1. The first kappa shape index (κ1) is 36.4. The van der Waals surface area contributed by atoms with Crippen molar-refractivity contribution in [3.63, 3.8) is 0 Å². The zero-order chi connectivity index (χ0) is 33.1. The molecule has 45 heavy (non-hydrogen) atoms. The van der Waals surface area contributed by atoms with Crippen molar-refractivity contribution in [2.45, 2.75) is 101 Å². The van der Waals surface area contributed by atoms with Gasteiger partial charge in [0.05, 0.1) is 58.9 Å². The highest BCUT2D eigenvalue weighted by atomic mass is 32.1. The van der Waals surface area contributed by atoms with Crippen LogP contribution in [0.15, 0.2) is 40.0 Å². The van der Waals surface area contributed by atoms with E-state index < -0.39 is 0 Å². The van der Waals surface area contributed by atoms with Crippen molar-refractivity contribution in [2.75, 3.05) is 19.3 Å². The minimum absolute atomic E-state index is 0.231. The smallest absolute Gasteiger partial charge is 0.0973 e. The normalized spacial score (nSPS) is 11.5. The maximum absolute atomic E-state index is 5.93. The average molecular weight is 650 g/mol. The van der Waals surface area contributed by atoms with Crippen LogP contribution in [0.1, 0.15) is 89.4 Å². The summed E-state index contributed by atoms with van der Waals surface area (Å²) in [5.74, 6) is 0. The van der Waals surface area contributed by atoms with Crippen molar-refractivity contribution in [3.05, 3.63) is 89.8 Å². The highest BCUT2D eigenvalue weighted by molar-refractivity contribution is 7.09. The quantitative estimate of drug-likeness (QED) is 0.0886. The molecule has 0 saturated heterocycles. The van der Waals surface area contributed by atoms with Crippen molar-refractivity contribution in [1.82, 2.24) is 14.9 Å². The molecule has 0 bridgehead atoms. The van der Waals surface area contributed by atoms with E-state index in [-0.39, 0.29) is 12.2 Å². The maximum atomic E-state index is 5.93. The van der Waals surface area contributed by atoms with E-state index in [1.165, 1.54) is 27.8 Å². The molecule has 4 rings (SSSR count). The number of hydrogen-bond donors (Lipinski definition) is 1. The van der Waals surface area contributed by atoms with Crippen LogP contribution in [-0.2, 0) is 35.5 Å². The van der Waals surface area contributed by atoms with Gasteiger partial charge < -0.3 is 20.1 Å². The number of aryl methyl sites for hydroxylation is 4. The Kier molecular flexibility index (Phi) is 14.2. The SMILES string of the molecule is CCN(C)C=Nc1cc(C)c(Cc2nc(COC(C)C)cs2)cc1C.Cc1cc(Cc2nc(COC(C)C)cs2)c(C)cc1N. The summed E-state index contributed by atoms with van der Waals surface area (Å²) in [6.07, 6.45) is 4.08. The monoisotopic (exact) mass is 649 g/mol. The number of benzene rings is 2. The molecule has 2 N–H and O–H groups in total. The average Bonchev–Trinajstić information content (AvgIpc) is 3.64. The fraction of sp³-hybridized carbons (Fsp3) is 0.472. The van der Waals surface area contributed by atoms with Crippen molar-refractivity contribution in [1.29, 1.82) is 0 Å². The number of rotatable bonds is 13. The Balaban J connectivity index is 0.000000251. The van der Waals surface area contributed by atoms with E-state index in [0.717, 1.165) is 57.7 Å². The number of ether oxygens (including phenoxy) is 2. The highest BCUT2D eigenvalue weighted by Gasteiger charge is 2.10. The summed E-state index contributed by atoms with van der Waals surface area (Å²) in [7, 11) is 2.03. The highest BCUT2D eigenvalue weighted by Crippen LogP contribution is 2.26. The molecule has 0 spiro atoms. The molecule has 0 atom stereocenters. The van der Waals surface area contributed by atoms with Gasteiger partial charge in [0.1, 0.15) is 0 Å². The van der Waals surface area contributed by atoms with Crippen LogP contribution in [0.2, 0.25) is 0 Å². The van der Waals surface area contributed by atoms with Gasteiger partial charge in [-0.1, -0.05) is 12.1 Å². The number of nitrogens with zero attached hydrogens (tertiary/aromatic N) is 4. The van der Waals surface area contributed by atoms with Crippen molar-refractivity contribution in [3.8, 4) is 0 Å². The molecular formula is C36H51N5O2S2. The predicted octanol–water partition coefficient (Wildman–Crippen LogP) is 8.75. The first-order chi connectivity index (χ1) is 21.3. The zero-order valence-corrected chi connectivity index (χ0v) is 30.4. The summed E-state index contributed by atoms with van der Waals surface area (Å²) < 4.78 is 11.2. The summed E-state index contributed by atoms with van der Waals surface area (Å²) in [5, 5.41) is 6.43. The number of thiazole rings is 2. The van der Waals surface area contributed by atoms with Crippen LogP contribution in [0.3, 0.4) is 0 Å². The molecule has 0 unspecified atom stereocenters. The number of hydrogen-bond acceptors (Lipinski definition) is 8. The standard InChI is InChI=1S/C20H29N3OS.C16H22N2OS/c1-7-23(6)13-21-19-9-15(4)17(8-16(19)5)10-20-22-18(12-25-20)11-24-14(2)3;1-10(2)19-8-14-9-20-16(18-14)7-13-5-12(4)15(17)6-11(13)3/h8-9,12-14H,7,10-11H2,1-6H3;5-6,9-10H,7-8,17H2,1-4H3. The summed E-state index contributed by atoms with van der Waals surface area (Å²) in [6.45, 7) is 20.8. The van der Waals surface area contributed by atoms with Gasteiger partial charge in [0.25, 0.3) is 0 Å². The van der Waals surface area contributed by atoms with Gasteiger partial charge in [0, 0.05) is 42.9 Å². The maximum Gasteiger partial charge on any atom is 0.0973 e. The molecule has 2 heterocycles. The lowest BCUT2D eigenvalue weighted by atomic mass is 10.0. The van der Waals surface area contributed by atoms with E-state index in [0.29, 0.717) is 13.2 Å². The molecule has 0 aliphatic heterocycles. The van der Waals surface area contributed by atoms with Crippen LogP contribution in [0, 0.1) is 27.7 Å². The fourth-order valence-corrected chi connectivity index (χ4v) is 5.95. The second kappa shape index (κ2) is 17.5. The zero-order valence-electron chi connectivity index (χ0n) is 28.7. The number of aromatic nitrogens is 2. The van der Waals surface area contributed by atoms with Crippen LogP contribution in [-0.4, -0.2) is 47.0 Å². The molecule has 0 saturated carbocycles. The molecule has 244 valence electrons. The predicted molar refractivity (Wildman–Crippen MR) is 192 cm³/mol. The fourth-order valence-electron chi connectivity index (χ4n) is 4.34. The Hall–Kier alpha value is -3.11. The lowest BCUT2D eigenvalue weighted by Crippen LogP contribution is -2.14. The molecule has 0 aliphatic carbocycles. The third kappa shape index (κ3) is 12.0. The van der Waals surface area contributed by atoms with Crippen LogP contribution < -0.4 is 5.73 Å². The lowest BCUT2D eigenvalue weighted by Gasteiger charge is -2.11. The van der Waals surface area contributed by atoms with Crippen molar-refractivity contribution < 1.29 is 9.47 Å². The number of aliphatic imine (C=N–C) groups is 1. The second-order valence-electron chi connectivity index (χ2n) is 12.1. The first-order valence-electron chi connectivity index (χ1n) is 15.6. The number of nitrogen functional groups attached to an aromatic ring is 1. The third-order valence-electron chi connectivity index (χ3n) is 7.28.